The molecule has 112 valence electrons. The molecule has 0 radical (unpaired) electrons. The Bertz CT molecular complexity index is 440. The van der Waals surface area contributed by atoms with E-state index in [1.807, 2.05) is 0 Å². The number of carbonyl (C=O) groups is 1. The number of ether oxygens (including phenoxy) is 1. The lowest BCUT2D eigenvalue weighted by molar-refractivity contribution is -0.137. The zero-order valence-corrected chi connectivity index (χ0v) is 11.4. The smallest absolute Gasteiger partial charge is 0.304 e. The third-order valence-electron chi connectivity index (χ3n) is 2.85. The second-order valence-corrected chi connectivity index (χ2v) is 4.55. The zero-order valence-electron chi connectivity index (χ0n) is 11.4. The van der Waals surface area contributed by atoms with Gasteiger partial charge in [-0.3, -0.25) is 4.79 Å². The molecule has 1 aromatic rings. The number of carboxylic acid groups (broad SMARTS) is 1. The minimum atomic E-state index is -0.933. The van der Waals surface area contributed by atoms with Crippen molar-refractivity contribution < 1.29 is 23.4 Å². The van der Waals surface area contributed by atoms with Gasteiger partial charge in [-0.25, -0.2) is 8.78 Å². The third kappa shape index (κ3) is 6.08. The van der Waals surface area contributed by atoms with E-state index in [1.165, 1.54) is 6.07 Å². The molecular formula is C14H19F2NO3. The first-order chi connectivity index (χ1) is 9.52. The van der Waals surface area contributed by atoms with Crippen LogP contribution in [0.25, 0.3) is 0 Å². The van der Waals surface area contributed by atoms with Gasteiger partial charge in [0.2, 0.25) is 0 Å². The molecule has 0 saturated heterocycles. The Hall–Kier alpha value is -1.53. The van der Waals surface area contributed by atoms with Gasteiger partial charge in [0.25, 0.3) is 0 Å². The van der Waals surface area contributed by atoms with E-state index in [2.05, 4.69) is 5.32 Å². The molecule has 1 atom stereocenters. The molecule has 0 heterocycles. The Kier molecular flexibility index (Phi) is 7.11. The van der Waals surface area contributed by atoms with Crippen LogP contribution in [-0.4, -0.2) is 37.4 Å². The van der Waals surface area contributed by atoms with Gasteiger partial charge in [0.05, 0.1) is 6.42 Å². The van der Waals surface area contributed by atoms with E-state index in [-0.39, 0.29) is 12.5 Å². The van der Waals surface area contributed by atoms with E-state index in [0.29, 0.717) is 25.1 Å². The fourth-order valence-electron chi connectivity index (χ4n) is 1.90. The summed E-state index contributed by atoms with van der Waals surface area (Å²) in [6.07, 6.45) is 1.01. The van der Waals surface area contributed by atoms with E-state index in [0.717, 1.165) is 18.6 Å². The van der Waals surface area contributed by atoms with Crippen molar-refractivity contribution in [2.75, 3.05) is 20.3 Å². The minimum absolute atomic E-state index is 0.0774. The fourth-order valence-corrected chi connectivity index (χ4v) is 1.90. The molecule has 0 aromatic heterocycles. The van der Waals surface area contributed by atoms with Crippen molar-refractivity contribution in [1.82, 2.24) is 5.32 Å². The number of nitrogens with one attached hydrogen (secondary N) is 1. The van der Waals surface area contributed by atoms with E-state index < -0.39 is 17.6 Å². The minimum Gasteiger partial charge on any atom is -0.481 e. The van der Waals surface area contributed by atoms with Gasteiger partial charge >= 0.3 is 5.97 Å². The van der Waals surface area contributed by atoms with Crippen LogP contribution in [0.1, 0.15) is 18.4 Å². The van der Waals surface area contributed by atoms with Crippen LogP contribution in [0.4, 0.5) is 8.78 Å². The Morgan fingerprint density at radius 2 is 2.15 bits per heavy atom. The van der Waals surface area contributed by atoms with Crippen molar-refractivity contribution in [3.63, 3.8) is 0 Å². The van der Waals surface area contributed by atoms with E-state index >= 15 is 0 Å². The molecule has 1 unspecified atom stereocenters. The molecule has 4 nitrogen and oxygen atoms in total. The number of halogens is 2. The molecule has 6 heteroatoms. The molecule has 0 spiro atoms. The Balaban J connectivity index is 2.58. The quantitative estimate of drug-likeness (QED) is 0.682. The van der Waals surface area contributed by atoms with Crippen LogP contribution in [0.15, 0.2) is 18.2 Å². The summed E-state index contributed by atoms with van der Waals surface area (Å²) in [5, 5.41) is 12.0. The van der Waals surface area contributed by atoms with Gasteiger partial charge in [0.15, 0.2) is 11.6 Å². The first-order valence-corrected chi connectivity index (χ1v) is 6.41. The van der Waals surface area contributed by atoms with Crippen molar-refractivity contribution in [1.29, 1.82) is 0 Å². The summed E-state index contributed by atoms with van der Waals surface area (Å²) in [7, 11) is 1.59. The SMILES string of the molecule is COCCCNC(CC(=O)O)Cc1ccc(F)c(F)c1. The lowest BCUT2D eigenvalue weighted by atomic mass is 10.0. The highest BCUT2D eigenvalue weighted by molar-refractivity contribution is 5.67. The van der Waals surface area contributed by atoms with Crippen molar-refractivity contribution in [3.05, 3.63) is 35.4 Å². The van der Waals surface area contributed by atoms with Crippen LogP contribution in [0.2, 0.25) is 0 Å². The summed E-state index contributed by atoms with van der Waals surface area (Å²) in [4.78, 5) is 10.8. The average molecular weight is 287 g/mol. The van der Waals surface area contributed by atoms with E-state index in [4.69, 9.17) is 9.84 Å². The highest BCUT2D eigenvalue weighted by Crippen LogP contribution is 2.12. The van der Waals surface area contributed by atoms with E-state index in [9.17, 15) is 13.6 Å². The second kappa shape index (κ2) is 8.60. The number of hydrogen-bond donors (Lipinski definition) is 2. The topological polar surface area (TPSA) is 58.6 Å². The number of carboxylic acids is 1. The standard InChI is InChI=1S/C14H19F2NO3/c1-20-6-2-5-17-11(9-14(18)19)7-10-3-4-12(15)13(16)8-10/h3-4,8,11,17H,2,5-7,9H2,1H3,(H,18,19). The van der Waals surface area contributed by atoms with Crippen molar-refractivity contribution >= 4 is 5.97 Å². The van der Waals surface area contributed by atoms with Crippen molar-refractivity contribution in [2.45, 2.75) is 25.3 Å². The molecule has 0 bridgehead atoms. The molecule has 0 saturated carbocycles. The van der Waals surface area contributed by atoms with Gasteiger partial charge in [-0.1, -0.05) is 6.07 Å². The maximum atomic E-state index is 13.1. The van der Waals surface area contributed by atoms with Crippen molar-refractivity contribution in [3.8, 4) is 0 Å². The molecule has 0 amide bonds. The summed E-state index contributed by atoms with van der Waals surface area (Å²) < 4.78 is 30.9. The van der Waals surface area contributed by atoms with Gasteiger partial charge in [0, 0.05) is 19.8 Å². The van der Waals surface area contributed by atoms with Crippen molar-refractivity contribution in [2.24, 2.45) is 0 Å². The first kappa shape index (κ1) is 16.5. The molecule has 1 rings (SSSR count). The summed E-state index contributed by atoms with van der Waals surface area (Å²) in [6.45, 7) is 1.19. The summed E-state index contributed by atoms with van der Waals surface area (Å²) in [5.41, 5.74) is 0.564. The summed E-state index contributed by atoms with van der Waals surface area (Å²) in [5.74, 6) is -2.76. The molecule has 0 fully saturated rings. The average Bonchev–Trinajstić information content (AvgIpc) is 2.38. The van der Waals surface area contributed by atoms with Crippen LogP contribution >= 0.6 is 0 Å². The number of hydrogen-bond acceptors (Lipinski definition) is 3. The van der Waals surface area contributed by atoms with Crippen LogP contribution < -0.4 is 5.32 Å². The van der Waals surface area contributed by atoms with E-state index in [1.54, 1.807) is 7.11 Å². The molecule has 0 aliphatic carbocycles. The van der Waals surface area contributed by atoms with Gasteiger partial charge in [-0.05, 0) is 37.1 Å². The first-order valence-electron chi connectivity index (χ1n) is 6.41. The molecule has 0 aliphatic rings. The third-order valence-corrected chi connectivity index (χ3v) is 2.85. The largest absolute Gasteiger partial charge is 0.481 e. The highest BCUT2D eigenvalue weighted by Gasteiger charge is 2.14. The molecule has 20 heavy (non-hydrogen) atoms. The number of aliphatic carboxylic acids is 1. The second-order valence-electron chi connectivity index (χ2n) is 4.55. The predicted molar refractivity (Wildman–Crippen MR) is 70.6 cm³/mol. The van der Waals surface area contributed by atoms with Gasteiger partial charge < -0.3 is 15.2 Å². The van der Waals surface area contributed by atoms with Gasteiger partial charge in [-0.15, -0.1) is 0 Å². The Morgan fingerprint density at radius 1 is 1.40 bits per heavy atom. The lowest BCUT2D eigenvalue weighted by Crippen LogP contribution is -2.34. The predicted octanol–water partition coefficient (Wildman–Crippen LogP) is 1.98. The number of benzene rings is 1. The summed E-state index contributed by atoms with van der Waals surface area (Å²) >= 11 is 0. The van der Waals surface area contributed by atoms with Gasteiger partial charge in [-0.2, -0.15) is 0 Å². The molecule has 1 aromatic carbocycles. The number of methoxy groups -OCH3 is 1. The lowest BCUT2D eigenvalue weighted by Gasteiger charge is -2.17. The Labute approximate surface area is 116 Å². The highest BCUT2D eigenvalue weighted by atomic mass is 19.2. The van der Waals surface area contributed by atoms with Crippen LogP contribution in [0.5, 0.6) is 0 Å². The maximum absolute atomic E-state index is 13.1. The normalized spacial score (nSPS) is 12.3. The van der Waals surface area contributed by atoms with Gasteiger partial charge in [0.1, 0.15) is 0 Å². The maximum Gasteiger partial charge on any atom is 0.304 e. The zero-order chi connectivity index (χ0) is 15.0. The van der Waals surface area contributed by atoms with Crippen LogP contribution in [-0.2, 0) is 16.0 Å². The molecule has 2 N–H and O–H groups in total. The number of rotatable bonds is 9. The molecular weight excluding hydrogens is 268 g/mol. The molecule has 0 aliphatic heterocycles. The monoisotopic (exact) mass is 287 g/mol. The van der Waals surface area contributed by atoms with Crippen LogP contribution in [0.3, 0.4) is 0 Å². The van der Waals surface area contributed by atoms with Crippen LogP contribution in [0, 0.1) is 11.6 Å². The Morgan fingerprint density at radius 3 is 2.75 bits per heavy atom. The fraction of sp³-hybridized carbons (Fsp3) is 0.500. The summed E-state index contributed by atoms with van der Waals surface area (Å²) in [6, 6.07) is 3.28.